The Kier molecular flexibility index (Phi) is 4.87. The second kappa shape index (κ2) is 6.63. The Morgan fingerprint density at radius 3 is 2.53 bits per heavy atom. The van der Waals surface area contributed by atoms with Crippen molar-refractivity contribution in [1.82, 2.24) is 15.3 Å². The molecule has 0 spiro atoms. The molecule has 0 radical (unpaired) electrons. The normalized spacial score (nSPS) is 10.5. The van der Waals surface area contributed by atoms with Crippen LogP contribution in [-0.2, 0) is 13.1 Å². The van der Waals surface area contributed by atoms with Crippen molar-refractivity contribution in [1.29, 1.82) is 0 Å². The average Bonchev–Trinajstić information content (AvgIpc) is 2.42. The Labute approximate surface area is 122 Å². The fourth-order valence-corrected chi connectivity index (χ4v) is 2.20. The van der Waals surface area contributed by atoms with Crippen molar-refractivity contribution in [3.8, 4) is 0 Å². The molecule has 4 nitrogen and oxygen atoms in total. The molecule has 0 amide bonds. The number of nitrogens with one attached hydrogen (secondary N) is 1. The van der Waals surface area contributed by atoms with Gasteiger partial charge in [0.2, 0.25) is 5.95 Å². The molecule has 1 aromatic carbocycles. The molecule has 2 aromatic rings. The maximum absolute atomic E-state index is 4.38. The molecular weight excluding hydrogens is 304 g/mol. The smallest absolute Gasteiger partial charge is 0.225 e. The largest absolute Gasteiger partial charge is 0.340 e. The van der Waals surface area contributed by atoms with E-state index in [1.54, 1.807) is 0 Å². The van der Waals surface area contributed by atoms with E-state index in [1.807, 2.05) is 49.6 Å². The Bertz CT molecular complexity index is 527. The lowest BCUT2D eigenvalue weighted by Gasteiger charge is -2.17. The fraction of sp³-hybridized carbons (Fsp3) is 0.286. The van der Waals surface area contributed by atoms with Gasteiger partial charge in [0.15, 0.2) is 0 Å². The minimum absolute atomic E-state index is 0.732. The van der Waals surface area contributed by atoms with Crippen LogP contribution < -0.4 is 10.2 Å². The average molecular weight is 321 g/mol. The number of aromatic nitrogens is 2. The molecule has 5 heteroatoms. The summed E-state index contributed by atoms with van der Waals surface area (Å²) in [6.07, 6.45) is 3.71. The highest BCUT2D eigenvalue weighted by atomic mass is 79.9. The molecule has 0 bridgehead atoms. The molecule has 1 N–H and O–H groups in total. The van der Waals surface area contributed by atoms with Crippen molar-refractivity contribution >= 4 is 21.9 Å². The molecule has 0 fully saturated rings. The minimum Gasteiger partial charge on any atom is -0.340 e. The van der Waals surface area contributed by atoms with Gasteiger partial charge in [-0.25, -0.2) is 9.97 Å². The van der Waals surface area contributed by atoms with Gasteiger partial charge in [0.25, 0.3) is 0 Å². The molecule has 1 aromatic heterocycles. The Morgan fingerprint density at radius 1 is 1.21 bits per heavy atom. The molecule has 0 atom stereocenters. The predicted molar refractivity (Wildman–Crippen MR) is 81.0 cm³/mol. The van der Waals surface area contributed by atoms with E-state index >= 15 is 0 Å². The molecular formula is C14H17BrN4. The molecule has 19 heavy (non-hydrogen) atoms. The first-order valence-corrected chi connectivity index (χ1v) is 6.90. The van der Waals surface area contributed by atoms with E-state index in [1.165, 1.54) is 5.56 Å². The van der Waals surface area contributed by atoms with Crippen LogP contribution in [0, 0.1) is 0 Å². The number of rotatable bonds is 5. The molecule has 0 unspecified atom stereocenters. The van der Waals surface area contributed by atoms with Gasteiger partial charge in [0, 0.05) is 42.6 Å². The lowest BCUT2D eigenvalue weighted by atomic mass is 10.2. The second-order valence-electron chi connectivity index (χ2n) is 4.37. The van der Waals surface area contributed by atoms with Gasteiger partial charge in [-0.3, -0.25) is 0 Å². The summed E-state index contributed by atoms with van der Waals surface area (Å²) < 4.78 is 1.11. The van der Waals surface area contributed by atoms with Crippen LogP contribution in [0.25, 0.3) is 0 Å². The second-order valence-corrected chi connectivity index (χ2v) is 5.22. The summed E-state index contributed by atoms with van der Waals surface area (Å²) in [4.78, 5) is 10.8. The topological polar surface area (TPSA) is 41.1 Å². The van der Waals surface area contributed by atoms with Gasteiger partial charge in [-0.1, -0.05) is 34.1 Å². The van der Waals surface area contributed by atoms with Crippen LogP contribution in [0.3, 0.4) is 0 Å². The summed E-state index contributed by atoms with van der Waals surface area (Å²) in [5.41, 5.74) is 2.30. The highest BCUT2D eigenvalue weighted by molar-refractivity contribution is 9.10. The van der Waals surface area contributed by atoms with Gasteiger partial charge < -0.3 is 10.2 Å². The zero-order valence-corrected chi connectivity index (χ0v) is 12.7. The lowest BCUT2D eigenvalue weighted by Crippen LogP contribution is -2.19. The van der Waals surface area contributed by atoms with E-state index in [2.05, 4.69) is 37.3 Å². The monoisotopic (exact) mass is 320 g/mol. The van der Waals surface area contributed by atoms with E-state index in [4.69, 9.17) is 0 Å². The number of hydrogen-bond acceptors (Lipinski definition) is 4. The maximum Gasteiger partial charge on any atom is 0.225 e. The van der Waals surface area contributed by atoms with Crippen LogP contribution in [-0.4, -0.2) is 24.1 Å². The van der Waals surface area contributed by atoms with Gasteiger partial charge in [0.1, 0.15) is 0 Å². The minimum atomic E-state index is 0.732. The van der Waals surface area contributed by atoms with Crippen LogP contribution >= 0.6 is 15.9 Å². The molecule has 0 aliphatic heterocycles. The molecule has 2 rings (SSSR count). The highest BCUT2D eigenvalue weighted by Gasteiger charge is 2.07. The highest BCUT2D eigenvalue weighted by Crippen LogP contribution is 2.18. The molecule has 0 saturated heterocycles. The van der Waals surface area contributed by atoms with Crippen LogP contribution in [0.15, 0.2) is 41.1 Å². The summed E-state index contributed by atoms with van der Waals surface area (Å²) in [6, 6.07) is 8.18. The standard InChI is InChI=1S/C14H17BrN4/c1-16-7-11-8-17-14(18-9-11)19(2)10-12-5-3-4-6-13(12)15/h3-6,8-9,16H,7,10H2,1-2H3. The van der Waals surface area contributed by atoms with Crippen molar-refractivity contribution in [3.63, 3.8) is 0 Å². The lowest BCUT2D eigenvalue weighted by molar-refractivity contribution is 0.797. The predicted octanol–water partition coefficient (Wildman–Crippen LogP) is 2.59. The van der Waals surface area contributed by atoms with Crippen molar-refractivity contribution in [2.24, 2.45) is 0 Å². The first-order chi connectivity index (χ1) is 9.20. The van der Waals surface area contributed by atoms with Crippen molar-refractivity contribution in [3.05, 3.63) is 52.3 Å². The number of hydrogen-bond donors (Lipinski definition) is 1. The zero-order chi connectivity index (χ0) is 13.7. The van der Waals surface area contributed by atoms with Crippen molar-refractivity contribution in [2.75, 3.05) is 19.0 Å². The third kappa shape index (κ3) is 3.75. The Hall–Kier alpha value is -1.46. The summed E-state index contributed by atoms with van der Waals surface area (Å²) in [7, 11) is 3.90. The van der Waals surface area contributed by atoms with Crippen molar-refractivity contribution < 1.29 is 0 Å². The van der Waals surface area contributed by atoms with E-state index in [0.29, 0.717) is 0 Å². The molecule has 0 aliphatic carbocycles. The van der Waals surface area contributed by atoms with E-state index in [0.717, 1.165) is 29.1 Å². The van der Waals surface area contributed by atoms with Crippen LogP contribution in [0.2, 0.25) is 0 Å². The van der Waals surface area contributed by atoms with E-state index in [9.17, 15) is 0 Å². The molecule has 100 valence electrons. The third-order valence-electron chi connectivity index (χ3n) is 2.78. The SMILES string of the molecule is CNCc1cnc(N(C)Cc2ccccc2Br)nc1. The van der Waals surface area contributed by atoms with Gasteiger partial charge in [-0.05, 0) is 18.7 Å². The maximum atomic E-state index is 4.38. The van der Waals surface area contributed by atoms with Gasteiger partial charge >= 0.3 is 0 Å². The summed E-state index contributed by atoms with van der Waals surface area (Å²) in [5, 5.41) is 3.08. The Balaban J connectivity index is 2.07. The third-order valence-corrected chi connectivity index (χ3v) is 3.55. The quantitative estimate of drug-likeness (QED) is 0.919. The van der Waals surface area contributed by atoms with Gasteiger partial charge in [-0.15, -0.1) is 0 Å². The number of anilines is 1. The summed E-state index contributed by atoms with van der Waals surface area (Å²) >= 11 is 3.55. The summed E-state index contributed by atoms with van der Waals surface area (Å²) in [6.45, 7) is 1.56. The first-order valence-electron chi connectivity index (χ1n) is 6.11. The number of benzene rings is 1. The molecule has 0 saturated carbocycles. The van der Waals surface area contributed by atoms with Gasteiger partial charge in [0.05, 0.1) is 0 Å². The zero-order valence-electron chi connectivity index (χ0n) is 11.1. The van der Waals surface area contributed by atoms with Crippen molar-refractivity contribution in [2.45, 2.75) is 13.1 Å². The van der Waals surface area contributed by atoms with Crippen LogP contribution in [0.1, 0.15) is 11.1 Å². The molecule has 1 heterocycles. The number of nitrogens with zero attached hydrogens (tertiary/aromatic N) is 3. The fourth-order valence-electron chi connectivity index (χ4n) is 1.79. The van der Waals surface area contributed by atoms with E-state index < -0.39 is 0 Å². The number of halogens is 1. The molecule has 0 aliphatic rings. The van der Waals surface area contributed by atoms with Gasteiger partial charge in [-0.2, -0.15) is 0 Å². The van der Waals surface area contributed by atoms with Crippen LogP contribution in [0.4, 0.5) is 5.95 Å². The van der Waals surface area contributed by atoms with E-state index in [-0.39, 0.29) is 0 Å². The van der Waals surface area contributed by atoms with Crippen LogP contribution in [0.5, 0.6) is 0 Å². The Morgan fingerprint density at radius 2 is 1.89 bits per heavy atom. The summed E-state index contributed by atoms with van der Waals surface area (Å²) in [5.74, 6) is 0.732. The first kappa shape index (κ1) is 14.0.